The summed E-state index contributed by atoms with van der Waals surface area (Å²) in [6, 6.07) is 0. The van der Waals surface area contributed by atoms with Gasteiger partial charge in [0.2, 0.25) is 0 Å². The van der Waals surface area contributed by atoms with Gasteiger partial charge in [-0.3, -0.25) is 0 Å². The van der Waals surface area contributed by atoms with Crippen LogP contribution in [0.5, 0.6) is 0 Å². The smallest absolute Gasteiger partial charge is 0.0703 e. The molecule has 0 amide bonds. The van der Waals surface area contributed by atoms with Crippen molar-refractivity contribution in [1.29, 1.82) is 0 Å². The van der Waals surface area contributed by atoms with E-state index in [1.807, 2.05) is 0 Å². The molecule has 0 aromatic heterocycles. The van der Waals surface area contributed by atoms with Crippen LogP contribution in [0.3, 0.4) is 0 Å². The van der Waals surface area contributed by atoms with E-state index in [1.165, 1.54) is 6.42 Å². The summed E-state index contributed by atoms with van der Waals surface area (Å²) in [7, 11) is 0. The van der Waals surface area contributed by atoms with E-state index in [1.54, 1.807) is 0 Å². The van der Waals surface area contributed by atoms with Gasteiger partial charge >= 0.3 is 0 Å². The number of rotatable bonds is 2. The second-order valence-corrected chi connectivity index (χ2v) is 3.54. The fourth-order valence-electron chi connectivity index (χ4n) is 1.38. The van der Waals surface area contributed by atoms with Crippen molar-refractivity contribution in [3.63, 3.8) is 0 Å². The lowest BCUT2D eigenvalue weighted by Crippen LogP contribution is -2.20. The van der Waals surface area contributed by atoms with Gasteiger partial charge < -0.3 is 10.5 Å². The largest absolute Gasteiger partial charge is 0.376 e. The molecule has 0 aromatic rings. The highest BCUT2D eigenvalue weighted by Crippen LogP contribution is 2.34. The molecule has 0 bridgehead atoms. The van der Waals surface area contributed by atoms with Crippen LogP contribution in [-0.2, 0) is 4.74 Å². The monoisotopic (exact) mass is 143 g/mol. The van der Waals surface area contributed by atoms with Crippen molar-refractivity contribution < 1.29 is 4.74 Å². The molecule has 1 saturated heterocycles. The van der Waals surface area contributed by atoms with Crippen LogP contribution in [0, 0.1) is 5.41 Å². The zero-order valence-corrected chi connectivity index (χ0v) is 6.89. The summed E-state index contributed by atoms with van der Waals surface area (Å²) >= 11 is 0. The molecule has 0 saturated carbocycles. The molecule has 1 fully saturated rings. The fourth-order valence-corrected chi connectivity index (χ4v) is 1.38. The Bertz CT molecular complexity index is 116. The third kappa shape index (κ3) is 1.50. The Morgan fingerprint density at radius 3 is 2.70 bits per heavy atom. The van der Waals surface area contributed by atoms with Crippen molar-refractivity contribution in [2.24, 2.45) is 11.1 Å². The first-order chi connectivity index (χ1) is 4.70. The third-order valence-electron chi connectivity index (χ3n) is 2.50. The van der Waals surface area contributed by atoms with Gasteiger partial charge in [0.05, 0.1) is 12.7 Å². The van der Waals surface area contributed by atoms with Crippen molar-refractivity contribution in [2.45, 2.75) is 32.8 Å². The lowest BCUT2D eigenvalue weighted by Gasteiger charge is -2.18. The summed E-state index contributed by atoms with van der Waals surface area (Å²) in [5.74, 6) is 0. The maximum Gasteiger partial charge on any atom is 0.0703 e. The Morgan fingerprint density at radius 2 is 2.40 bits per heavy atom. The Balaban J connectivity index is 2.41. The van der Waals surface area contributed by atoms with Crippen molar-refractivity contribution >= 4 is 0 Å². The SMILES string of the molecule is CCC1(C)COC(CN)C1. The van der Waals surface area contributed by atoms with Crippen molar-refractivity contribution in [2.75, 3.05) is 13.2 Å². The third-order valence-corrected chi connectivity index (χ3v) is 2.50. The highest BCUT2D eigenvalue weighted by atomic mass is 16.5. The molecule has 2 atom stereocenters. The molecule has 0 aromatic carbocycles. The molecule has 2 heteroatoms. The molecule has 1 heterocycles. The van der Waals surface area contributed by atoms with Crippen LogP contribution in [0.1, 0.15) is 26.7 Å². The van der Waals surface area contributed by atoms with Crippen LogP contribution in [0.25, 0.3) is 0 Å². The molecule has 60 valence electrons. The second-order valence-electron chi connectivity index (χ2n) is 3.54. The van der Waals surface area contributed by atoms with Gasteiger partial charge in [-0.2, -0.15) is 0 Å². The highest BCUT2D eigenvalue weighted by Gasteiger charge is 2.33. The van der Waals surface area contributed by atoms with E-state index in [-0.39, 0.29) is 0 Å². The van der Waals surface area contributed by atoms with E-state index in [9.17, 15) is 0 Å². The van der Waals surface area contributed by atoms with E-state index in [0.29, 0.717) is 18.1 Å². The predicted molar refractivity (Wildman–Crippen MR) is 41.8 cm³/mol. The molecule has 10 heavy (non-hydrogen) atoms. The molecule has 0 spiro atoms. The Kier molecular flexibility index (Phi) is 2.32. The summed E-state index contributed by atoms with van der Waals surface area (Å²) in [5, 5.41) is 0. The van der Waals surface area contributed by atoms with Crippen molar-refractivity contribution in [3.05, 3.63) is 0 Å². The summed E-state index contributed by atoms with van der Waals surface area (Å²) in [5.41, 5.74) is 5.89. The van der Waals surface area contributed by atoms with Crippen LogP contribution in [-0.4, -0.2) is 19.3 Å². The van der Waals surface area contributed by atoms with Crippen LogP contribution >= 0.6 is 0 Å². The first kappa shape index (κ1) is 8.02. The molecule has 2 nitrogen and oxygen atoms in total. The van der Waals surface area contributed by atoms with Crippen molar-refractivity contribution in [1.82, 2.24) is 0 Å². The van der Waals surface area contributed by atoms with E-state index in [0.717, 1.165) is 13.0 Å². The molecule has 1 rings (SSSR count). The summed E-state index contributed by atoms with van der Waals surface area (Å²) in [6.07, 6.45) is 2.66. The van der Waals surface area contributed by atoms with Gasteiger partial charge in [-0.1, -0.05) is 13.8 Å². The summed E-state index contributed by atoms with van der Waals surface area (Å²) < 4.78 is 5.48. The molecular weight excluding hydrogens is 126 g/mol. The zero-order chi connectivity index (χ0) is 7.61. The number of nitrogens with two attached hydrogens (primary N) is 1. The first-order valence-corrected chi connectivity index (χ1v) is 4.02. The molecule has 0 aliphatic carbocycles. The number of ether oxygens (including phenoxy) is 1. The van der Waals surface area contributed by atoms with Gasteiger partial charge in [-0.25, -0.2) is 0 Å². The van der Waals surface area contributed by atoms with E-state index in [4.69, 9.17) is 10.5 Å². The van der Waals surface area contributed by atoms with Crippen LogP contribution in [0.4, 0.5) is 0 Å². The maximum absolute atomic E-state index is 5.48. The topological polar surface area (TPSA) is 35.2 Å². The average Bonchev–Trinajstić information content (AvgIpc) is 2.33. The minimum absolute atomic E-state index is 0.324. The van der Waals surface area contributed by atoms with Gasteiger partial charge in [0.25, 0.3) is 0 Å². The standard InChI is InChI=1S/C8H17NO/c1-3-8(2)4-7(5-9)10-6-8/h7H,3-6,9H2,1-2H3. The second kappa shape index (κ2) is 2.89. The molecule has 2 N–H and O–H groups in total. The minimum atomic E-state index is 0.324. The quantitative estimate of drug-likeness (QED) is 0.629. The molecule has 1 aliphatic rings. The molecule has 1 aliphatic heterocycles. The summed E-state index contributed by atoms with van der Waals surface area (Å²) in [4.78, 5) is 0. The zero-order valence-electron chi connectivity index (χ0n) is 6.89. The van der Waals surface area contributed by atoms with E-state index < -0.39 is 0 Å². The van der Waals surface area contributed by atoms with Gasteiger partial charge in [0.1, 0.15) is 0 Å². The Hall–Kier alpha value is -0.0800. The van der Waals surface area contributed by atoms with Crippen LogP contribution in [0.15, 0.2) is 0 Å². The highest BCUT2D eigenvalue weighted by molar-refractivity contribution is 4.83. The van der Waals surface area contributed by atoms with Crippen molar-refractivity contribution in [3.8, 4) is 0 Å². The minimum Gasteiger partial charge on any atom is -0.376 e. The summed E-state index contributed by atoms with van der Waals surface area (Å²) in [6.45, 7) is 6.05. The van der Waals surface area contributed by atoms with Crippen LogP contribution in [0.2, 0.25) is 0 Å². The Labute approximate surface area is 62.7 Å². The maximum atomic E-state index is 5.48. The van der Waals surface area contributed by atoms with E-state index in [2.05, 4.69) is 13.8 Å². The van der Waals surface area contributed by atoms with E-state index >= 15 is 0 Å². The van der Waals surface area contributed by atoms with Gasteiger partial charge in [-0.05, 0) is 18.3 Å². The average molecular weight is 143 g/mol. The van der Waals surface area contributed by atoms with Crippen LogP contribution < -0.4 is 5.73 Å². The first-order valence-electron chi connectivity index (χ1n) is 4.02. The normalized spacial score (nSPS) is 40.5. The number of hydrogen-bond acceptors (Lipinski definition) is 2. The lowest BCUT2D eigenvalue weighted by molar-refractivity contribution is 0.102. The fraction of sp³-hybridized carbons (Fsp3) is 1.00. The number of hydrogen-bond donors (Lipinski definition) is 1. The molecule has 2 unspecified atom stereocenters. The van der Waals surface area contributed by atoms with Gasteiger partial charge in [-0.15, -0.1) is 0 Å². The molecule has 0 radical (unpaired) electrons. The Morgan fingerprint density at radius 1 is 1.70 bits per heavy atom. The predicted octanol–water partition coefficient (Wildman–Crippen LogP) is 1.15. The lowest BCUT2D eigenvalue weighted by atomic mass is 9.85. The van der Waals surface area contributed by atoms with Gasteiger partial charge in [0.15, 0.2) is 0 Å². The van der Waals surface area contributed by atoms with Gasteiger partial charge in [0, 0.05) is 6.54 Å². The molecular formula is C8H17NO.